The Kier molecular flexibility index (Phi) is 14.0. The van der Waals surface area contributed by atoms with Gasteiger partial charge in [0.15, 0.2) is 5.82 Å². The average Bonchev–Trinajstić information content (AvgIpc) is 3.62. The lowest BCUT2D eigenvalue weighted by Gasteiger charge is -2.29. The number of hydrogen-bond donors (Lipinski definition) is 6. The van der Waals surface area contributed by atoms with Gasteiger partial charge in [-0.05, 0) is 109 Å². The minimum Gasteiger partial charge on any atom is -0.465 e. The maximum absolute atomic E-state index is 13.9. The van der Waals surface area contributed by atoms with E-state index in [1.165, 1.54) is 0 Å². The summed E-state index contributed by atoms with van der Waals surface area (Å²) in [4.78, 5) is 57.7. The van der Waals surface area contributed by atoms with Crippen molar-refractivity contribution in [3.05, 3.63) is 89.2 Å². The Balaban J connectivity index is 1.29. The highest BCUT2D eigenvalue weighted by Crippen LogP contribution is 2.29. The smallest absolute Gasteiger partial charge is 0.404 e. The Labute approximate surface area is 314 Å². The largest absolute Gasteiger partial charge is 0.465 e. The highest BCUT2D eigenvalue weighted by Gasteiger charge is 2.30. The fraction of sp³-hybridized carbons (Fsp3) is 0.385. The molecule has 4 amide bonds. The first-order valence-electron chi connectivity index (χ1n) is 18.1. The van der Waals surface area contributed by atoms with Gasteiger partial charge in [-0.25, -0.2) is 9.89 Å². The quantitative estimate of drug-likeness (QED) is 0.0858. The number of carbonyl (C=O) groups is 4. The molecule has 6 N–H and O–H groups in total. The molecule has 1 fully saturated rings. The number of anilines is 1. The lowest BCUT2D eigenvalue weighted by atomic mass is 9.81. The number of carbonyl (C=O) groups excluding carboxylic acids is 3. The Morgan fingerprint density at radius 2 is 1.60 bits per heavy atom. The van der Waals surface area contributed by atoms with Gasteiger partial charge in [-0.2, -0.15) is 10.1 Å². The maximum atomic E-state index is 13.9. The zero-order chi connectivity index (χ0) is 37.7. The minimum atomic E-state index is -1.06. The number of aromatic nitrogens is 3. The second-order valence-electron chi connectivity index (χ2n) is 13.2. The van der Waals surface area contributed by atoms with Crippen molar-refractivity contribution in [3.8, 4) is 22.5 Å². The summed E-state index contributed by atoms with van der Waals surface area (Å²) in [7, 11) is 0. The van der Waals surface area contributed by atoms with Crippen molar-refractivity contribution in [1.82, 2.24) is 36.0 Å². The van der Waals surface area contributed by atoms with E-state index >= 15 is 0 Å². The van der Waals surface area contributed by atoms with E-state index in [1.807, 2.05) is 42.5 Å². The number of rotatable bonds is 16. The molecule has 0 spiro atoms. The molecule has 280 valence electrons. The Morgan fingerprint density at radius 3 is 2.26 bits per heavy atom. The van der Waals surface area contributed by atoms with Crippen molar-refractivity contribution in [2.45, 2.75) is 52.0 Å². The fourth-order valence-corrected chi connectivity index (χ4v) is 6.71. The average molecular weight is 743 g/mol. The minimum absolute atomic E-state index is 0.140. The number of likely N-dealkylation sites (N-methyl/N-ethyl adjacent to an activating group) is 1. The second kappa shape index (κ2) is 19.0. The van der Waals surface area contributed by atoms with E-state index < -0.39 is 12.1 Å². The molecule has 1 aromatic heterocycles. The van der Waals surface area contributed by atoms with Crippen LogP contribution in [0.1, 0.15) is 55.5 Å². The van der Waals surface area contributed by atoms with E-state index in [0.29, 0.717) is 61.4 Å². The predicted molar refractivity (Wildman–Crippen MR) is 205 cm³/mol. The van der Waals surface area contributed by atoms with E-state index in [4.69, 9.17) is 16.7 Å². The molecule has 0 unspecified atom stereocenters. The molecule has 13 nitrogen and oxygen atoms in total. The van der Waals surface area contributed by atoms with Crippen LogP contribution in [0.3, 0.4) is 0 Å². The van der Waals surface area contributed by atoms with Crippen molar-refractivity contribution in [2.75, 3.05) is 38.0 Å². The molecule has 0 radical (unpaired) electrons. The molecule has 1 aliphatic carbocycles. The summed E-state index contributed by atoms with van der Waals surface area (Å²) in [6.45, 7) is 7.73. The first-order valence-corrected chi connectivity index (χ1v) is 18.5. The number of carboxylic acid groups (broad SMARTS) is 1. The molecule has 53 heavy (non-hydrogen) atoms. The molecule has 0 bridgehead atoms. The van der Waals surface area contributed by atoms with Crippen LogP contribution in [0.5, 0.6) is 0 Å². The van der Waals surface area contributed by atoms with E-state index in [0.717, 1.165) is 36.3 Å². The number of nitrogens with one attached hydrogen (secondary N) is 5. The van der Waals surface area contributed by atoms with Crippen LogP contribution in [0, 0.1) is 11.8 Å². The van der Waals surface area contributed by atoms with Gasteiger partial charge in [-0.1, -0.05) is 50.2 Å². The molecular weight excluding hydrogens is 696 g/mol. The predicted octanol–water partition coefficient (Wildman–Crippen LogP) is 5.60. The third-order valence-corrected chi connectivity index (χ3v) is 9.86. The maximum Gasteiger partial charge on any atom is 0.404 e. The van der Waals surface area contributed by atoms with E-state index in [1.54, 1.807) is 30.3 Å². The van der Waals surface area contributed by atoms with Gasteiger partial charge in [-0.3, -0.25) is 14.4 Å². The first-order chi connectivity index (χ1) is 25.6. The number of H-pyrrole nitrogens is 1. The highest BCUT2D eigenvalue weighted by atomic mass is 35.5. The summed E-state index contributed by atoms with van der Waals surface area (Å²) in [5.41, 5.74) is 4.37. The molecule has 0 aliphatic heterocycles. The molecule has 1 heterocycles. The van der Waals surface area contributed by atoms with Gasteiger partial charge in [0.1, 0.15) is 6.04 Å². The molecule has 1 aliphatic rings. The van der Waals surface area contributed by atoms with Gasteiger partial charge >= 0.3 is 6.09 Å². The van der Waals surface area contributed by atoms with Gasteiger partial charge in [0.2, 0.25) is 17.1 Å². The van der Waals surface area contributed by atoms with E-state index in [9.17, 15) is 19.2 Å². The summed E-state index contributed by atoms with van der Waals surface area (Å²) in [5, 5.41) is 27.2. The SMILES string of the molecule is CCN(CC)CCNC(=O)c1cccc(-c2cccc(C[C@H](NC(=O)C3CCC(CNC(=O)O)CC3)C(=O)Nc3ccc(-c4n[nH]c(Cl)n4)cc3)c2)c1. The third kappa shape index (κ3) is 11.4. The molecule has 14 heteroatoms. The summed E-state index contributed by atoms with van der Waals surface area (Å²) in [6, 6.07) is 21.3. The van der Waals surface area contributed by atoms with E-state index in [-0.39, 0.29) is 41.3 Å². The van der Waals surface area contributed by atoms with Crippen LogP contribution in [-0.2, 0) is 16.0 Å². The number of aromatic amines is 1. The summed E-state index contributed by atoms with van der Waals surface area (Å²) in [6.07, 6.45) is 1.81. The summed E-state index contributed by atoms with van der Waals surface area (Å²) < 4.78 is 0. The van der Waals surface area contributed by atoms with Crippen LogP contribution in [0.4, 0.5) is 10.5 Å². The van der Waals surface area contributed by atoms with Gasteiger partial charge in [0.25, 0.3) is 5.91 Å². The lowest BCUT2D eigenvalue weighted by Crippen LogP contribution is -2.48. The number of benzene rings is 3. The topological polar surface area (TPSA) is 181 Å². The van der Waals surface area contributed by atoms with Crippen LogP contribution in [-0.4, -0.2) is 87.8 Å². The third-order valence-electron chi connectivity index (χ3n) is 9.69. The fourth-order valence-electron chi connectivity index (χ4n) is 6.59. The Hall–Kier alpha value is -5.27. The Bertz CT molecular complexity index is 1850. The molecule has 5 rings (SSSR count). The van der Waals surface area contributed by atoms with E-state index in [2.05, 4.69) is 55.2 Å². The molecule has 1 atom stereocenters. The van der Waals surface area contributed by atoms with Gasteiger partial charge in [0.05, 0.1) is 0 Å². The summed E-state index contributed by atoms with van der Waals surface area (Å²) in [5.74, 6) is -0.412. The highest BCUT2D eigenvalue weighted by molar-refractivity contribution is 6.28. The van der Waals surface area contributed by atoms with Gasteiger partial charge in [0, 0.05) is 48.8 Å². The van der Waals surface area contributed by atoms with Crippen molar-refractivity contribution in [1.29, 1.82) is 0 Å². The normalized spacial score (nSPS) is 16.1. The number of halogens is 1. The first kappa shape index (κ1) is 38.9. The standard InChI is InChI=1S/C39H47ClN8O5/c1-3-48(4-2)20-19-41-35(49)31-10-6-9-30(23-31)29-8-5-7-26(21-29)22-33(44-36(50)28-13-11-25(12-14-28)24-42-39(52)53)37(51)43-32-17-15-27(16-18-32)34-45-38(40)47-46-34/h5-10,15-18,21,23,25,28,33,42H,3-4,11-14,19-20,22,24H2,1-2H3,(H,41,49)(H,43,51)(H,44,50)(H,52,53)(H,45,46,47)/t25?,28?,33-/m0/s1. The monoisotopic (exact) mass is 742 g/mol. The van der Waals surface area contributed by atoms with Gasteiger partial charge < -0.3 is 31.3 Å². The van der Waals surface area contributed by atoms with Gasteiger partial charge in [-0.15, -0.1) is 0 Å². The van der Waals surface area contributed by atoms with Crippen molar-refractivity contribution < 1.29 is 24.3 Å². The zero-order valence-electron chi connectivity index (χ0n) is 30.0. The number of amides is 4. The lowest BCUT2D eigenvalue weighted by molar-refractivity contribution is -0.130. The van der Waals surface area contributed by atoms with Crippen LogP contribution in [0.2, 0.25) is 5.28 Å². The molecular formula is C39H47ClN8O5. The van der Waals surface area contributed by atoms with Crippen molar-refractivity contribution in [2.24, 2.45) is 11.8 Å². The number of nitrogens with zero attached hydrogens (tertiary/aromatic N) is 3. The summed E-state index contributed by atoms with van der Waals surface area (Å²) >= 11 is 5.88. The molecule has 3 aromatic carbocycles. The molecule has 4 aromatic rings. The Morgan fingerprint density at radius 1 is 0.906 bits per heavy atom. The van der Waals surface area contributed by atoms with Crippen LogP contribution < -0.4 is 21.3 Å². The zero-order valence-corrected chi connectivity index (χ0v) is 30.8. The van der Waals surface area contributed by atoms with Crippen molar-refractivity contribution >= 4 is 41.1 Å². The second-order valence-corrected chi connectivity index (χ2v) is 13.6. The van der Waals surface area contributed by atoms with Crippen molar-refractivity contribution in [3.63, 3.8) is 0 Å². The van der Waals surface area contributed by atoms with Crippen LogP contribution in [0.25, 0.3) is 22.5 Å². The number of hydrogen-bond acceptors (Lipinski definition) is 7. The molecule has 0 saturated heterocycles. The van der Waals surface area contributed by atoms with Crippen LogP contribution >= 0.6 is 11.6 Å². The van der Waals surface area contributed by atoms with Crippen LogP contribution in [0.15, 0.2) is 72.8 Å². The molecule has 1 saturated carbocycles.